The molecular formula is C14H22O3S. The molecule has 0 aromatic rings. The van der Waals surface area contributed by atoms with E-state index < -0.39 is 20.9 Å². The fourth-order valence-corrected chi connectivity index (χ4v) is 7.13. The Balaban J connectivity index is 2.04. The zero-order valence-corrected chi connectivity index (χ0v) is 12.2. The first-order valence-corrected chi connectivity index (χ1v) is 8.47. The maximum atomic E-state index is 12.5. The largest absolute Gasteiger partial charge is 0.356 e. The summed E-state index contributed by atoms with van der Waals surface area (Å²) in [6, 6.07) is 0. The molecule has 4 heteroatoms. The van der Waals surface area contributed by atoms with Gasteiger partial charge < -0.3 is 4.74 Å². The van der Waals surface area contributed by atoms with Crippen molar-refractivity contribution in [2.24, 2.45) is 10.8 Å². The highest BCUT2D eigenvalue weighted by atomic mass is 32.2. The maximum absolute atomic E-state index is 12.5. The Hall–Kier alpha value is -0.350. The molecule has 0 spiro atoms. The number of hydrogen-bond acceptors (Lipinski definition) is 3. The Morgan fingerprint density at radius 3 is 2.39 bits per heavy atom. The van der Waals surface area contributed by atoms with E-state index in [2.05, 4.69) is 12.2 Å². The lowest BCUT2D eigenvalue weighted by Gasteiger charge is -2.58. The van der Waals surface area contributed by atoms with Gasteiger partial charge in [0, 0.05) is 5.41 Å². The van der Waals surface area contributed by atoms with Crippen molar-refractivity contribution in [2.45, 2.75) is 57.5 Å². The molecule has 3 nitrogen and oxygen atoms in total. The molecule has 102 valence electrons. The van der Waals surface area contributed by atoms with Crippen LogP contribution in [0.2, 0.25) is 0 Å². The van der Waals surface area contributed by atoms with E-state index in [-0.39, 0.29) is 10.8 Å². The van der Waals surface area contributed by atoms with Gasteiger partial charge in [0.15, 0.2) is 15.3 Å². The molecule has 1 saturated heterocycles. The standard InChI is InChI=1S/C14H22O3S/c1-12(2,3)17-11-14-7-5-4-6-13(14,8-9-14)10-18(11,15)16/h4-5,11H,6-10H2,1-3H3/t11-,13+,14+/m0/s1. The minimum absolute atomic E-state index is 0.0174. The van der Waals surface area contributed by atoms with Gasteiger partial charge in [0.05, 0.1) is 11.4 Å². The number of ether oxygens (including phenoxy) is 1. The van der Waals surface area contributed by atoms with Crippen LogP contribution in [0.3, 0.4) is 0 Å². The van der Waals surface area contributed by atoms with Crippen LogP contribution in [0.25, 0.3) is 0 Å². The average Bonchev–Trinajstić information content (AvgIpc) is 2.33. The van der Waals surface area contributed by atoms with Gasteiger partial charge in [-0.25, -0.2) is 8.42 Å². The molecule has 0 amide bonds. The molecule has 1 heterocycles. The summed E-state index contributed by atoms with van der Waals surface area (Å²) in [5.41, 5.74) is -1.15. The Morgan fingerprint density at radius 2 is 1.83 bits per heavy atom. The zero-order chi connectivity index (χ0) is 13.2. The second-order valence-corrected chi connectivity index (χ2v) is 9.23. The lowest BCUT2D eigenvalue weighted by Crippen LogP contribution is -2.56. The fraction of sp³-hybridized carbons (Fsp3) is 0.857. The van der Waals surface area contributed by atoms with Gasteiger partial charge in [0.25, 0.3) is 0 Å². The van der Waals surface area contributed by atoms with Crippen LogP contribution in [-0.4, -0.2) is 25.2 Å². The highest BCUT2D eigenvalue weighted by Gasteiger charge is 2.72. The second-order valence-electron chi connectivity index (χ2n) is 7.19. The van der Waals surface area contributed by atoms with Crippen molar-refractivity contribution in [3.8, 4) is 0 Å². The van der Waals surface area contributed by atoms with Crippen LogP contribution in [0.15, 0.2) is 12.2 Å². The smallest absolute Gasteiger partial charge is 0.178 e. The number of rotatable bonds is 1. The van der Waals surface area contributed by atoms with Gasteiger partial charge >= 0.3 is 0 Å². The molecule has 3 aliphatic rings. The molecule has 0 aromatic heterocycles. The van der Waals surface area contributed by atoms with E-state index in [4.69, 9.17) is 4.74 Å². The minimum atomic E-state index is -3.12. The summed E-state index contributed by atoms with van der Waals surface area (Å²) < 4.78 is 31.0. The summed E-state index contributed by atoms with van der Waals surface area (Å²) in [5, 5.41) is 0. The molecule has 0 aromatic carbocycles. The van der Waals surface area contributed by atoms with Crippen molar-refractivity contribution in [1.82, 2.24) is 0 Å². The van der Waals surface area contributed by atoms with E-state index in [0.29, 0.717) is 5.75 Å². The highest BCUT2D eigenvalue weighted by molar-refractivity contribution is 7.92. The van der Waals surface area contributed by atoms with Gasteiger partial charge in [-0.05, 0) is 51.9 Å². The number of allylic oxidation sites excluding steroid dienone is 2. The third-order valence-electron chi connectivity index (χ3n) is 4.98. The van der Waals surface area contributed by atoms with E-state index in [1.165, 1.54) is 0 Å². The predicted octanol–water partition coefficient (Wildman–Crippen LogP) is 2.67. The van der Waals surface area contributed by atoms with Crippen LogP contribution in [0.5, 0.6) is 0 Å². The monoisotopic (exact) mass is 270 g/mol. The topological polar surface area (TPSA) is 43.4 Å². The van der Waals surface area contributed by atoms with Gasteiger partial charge in [0.2, 0.25) is 0 Å². The Bertz CT molecular complexity index is 500. The van der Waals surface area contributed by atoms with Crippen molar-refractivity contribution in [3.63, 3.8) is 0 Å². The molecule has 1 aliphatic heterocycles. The number of sulfone groups is 1. The molecule has 0 unspecified atom stereocenters. The van der Waals surface area contributed by atoms with E-state index in [9.17, 15) is 8.42 Å². The number of hydrogen-bond donors (Lipinski definition) is 0. The van der Waals surface area contributed by atoms with Crippen LogP contribution >= 0.6 is 0 Å². The van der Waals surface area contributed by atoms with Crippen molar-refractivity contribution < 1.29 is 13.2 Å². The Labute approximate surface area is 110 Å². The Morgan fingerprint density at radius 1 is 1.17 bits per heavy atom. The van der Waals surface area contributed by atoms with Gasteiger partial charge in [-0.15, -0.1) is 0 Å². The molecule has 3 rings (SSSR count). The summed E-state index contributed by atoms with van der Waals surface area (Å²) >= 11 is 0. The quantitative estimate of drug-likeness (QED) is 0.688. The lowest BCUT2D eigenvalue weighted by atomic mass is 9.46. The van der Waals surface area contributed by atoms with E-state index in [0.717, 1.165) is 25.7 Å². The molecule has 2 fully saturated rings. The van der Waals surface area contributed by atoms with E-state index in [1.54, 1.807) is 0 Å². The summed E-state index contributed by atoms with van der Waals surface area (Å²) in [5.74, 6) is 0.324. The summed E-state index contributed by atoms with van der Waals surface area (Å²) in [6.45, 7) is 5.82. The molecule has 0 N–H and O–H groups in total. The lowest BCUT2D eigenvalue weighted by molar-refractivity contribution is -0.157. The van der Waals surface area contributed by atoms with Crippen LogP contribution in [0, 0.1) is 10.8 Å². The molecule has 18 heavy (non-hydrogen) atoms. The zero-order valence-electron chi connectivity index (χ0n) is 11.4. The van der Waals surface area contributed by atoms with Crippen LogP contribution in [0.4, 0.5) is 0 Å². The summed E-state index contributed by atoms with van der Waals surface area (Å²) in [6.07, 6.45) is 8.13. The van der Waals surface area contributed by atoms with E-state index >= 15 is 0 Å². The van der Waals surface area contributed by atoms with Crippen LogP contribution in [0.1, 0.15) is 46.5 Å². The normalized spacial score (nSPS) is 45.2. The van der Waals surface area contributed by atoms with Crippen LogP contribution in [-0.2, 0) is 14.6 Å². The van der Waals surface area contributed by atoms with Gasteiger partial charge in [-0.2, -0.15) is 0 Å². The van der Waals surface area contributed by atoms with E-state index in [1.807, 2.05) is 20.8 Å². The molecular weight excluding hydrogens is 248 g/mol. The summed E-state index contributed by atoms with van der Waals surface area (Å²) in [7, 11) is -3.12. The van der Waals surface area contributed by atoms with Gasteiger partial charge in [0.1, 0.15) is 0 Å². The molecule has 0 radical (unpaired) electrons. The first-order valence-electron chi connectivity index (χ1n) is 6.75. The first-order chi connectivity index (χ1) is 8.21. The molecule has 0 bridgehead atoms. The molecule has 3 atom stereocenters. The maximum Gasteiger partial charge on any atom is 0.178 e. The van der Waals surface area contributed by atoms with Crippen LogP contribution < -0.4 is 0 Å². The second kappa shape index (κ2) is 3.40. The van der Waals surface area contributed by atoms with Gasteiger partial charge in [-0.3, -0.25) is 0 Å². The Kier molecular flexibility index (Phi) is 2.39. The van der Waals surface area contributed by atoms with Crippen molar-refractivity contribution in [3.05, 3.63) is 12.2 Å². The van der Waals surface area contributed by atoms with Crippen molar-refractivity contribution in [2.75, 3.05) is 5.75 Å². The molecule has 1 saturated carbocycles. The van der Waals surface area contributed by atoms with Crippen molar-refractivity contribution >= 4 is 9.84 Å². The van der Waals surface area contributed by atoms with Gasteiger partial charge in [-0.1, -0.05) is 12.2 Å². The molecule has 2 aliphatic carbocycles. The third kappa shape index (κ3) is 1.48. The highest BCUT2D eigenvalue weighted by Crippen LogP contribution is 2.70. The fourth-order valence-electron chi connectivity index (χ4n) is 4.08. The third-order valence-corrected chi connectivity index (χ3v) is 7.13. The average molecular weight is 270 g/mol. The minimum Gasteiger partial charge on any atom is -0.356 e. The van der Waals surface area contributed by atoms with Crippen molar-refractivity contribution in [1.29, 1.82) is 0 Å². The summed E-state index contributed by atoms with van der Waals surface area (Å²) in [4.78, 5) is 0. The first kappa shape index (κ1) is 12.7. The SMILES string of the molecule is CC(C)(C)O[C@@H]1[C@]23CC=CC[C@@]2(CC3)CS1(=O)=O. The predicted molar refractivity (Wildman–Crippen MR) is 70.9 cm³/mol.